The van der Waals surface area contributed by atoms with Gasteiger partial charge in [0.2, 0.25) is 0 Å². The molecule has 2 N–H and O–H groups in total. The van der Waals surface area contributed by atoms with Gasteiger partial charge in [0.05, 0.1) is 0 Å². The molecule has 0 saturated carbocycles. The van der Waals surface area contributed by atoms with Crippen molar-refractivity contribution in [3.63, 3.8) is 0 Å². The van der Waals surface area contributed by atoms with Crippen LogP contribution in [0.1, 0.15) is 31.9 Å². The summed E-state index contributed by atoms with van der Waals surface area (Å²) in [5.41, 5.74) is 9.00. The Bertz CT molecular complexity index is 386. The van der Waals surface area contributed by atoms with Gasteiger partial charge in [0.15, 0.2) is 0 Å². The van der Waals surface area contributed by atoms with Crippen molar-refractivity contribution in [2.24, 2.45) is 5.73 Å². The van der Waals surface area contributed by atoms with E-state index >= 15 is 0 Å². The summed E-state index contributed by atoms with van der Waals surface area (Å²) in [5, 5.41) is 0. The summed E-state index contributed by atoms with van der Waals surface area (Å²) < 4.78 is 0. The lowest BCUT2D eigenvalue weighted by molar-refractivity contribution is 0.703. The van der Waals surface area contributed by atoms with Crippen LogP contribution in [0.25, 0.3) is 0 Å². The number of hydrogen-bond donors (Lipinski definition) is 1. The summed E-state index contributed by atoms with van der Waals surface area (Å²) in [4.78, 5) is 2.81. The molecule has 16 heavy (non-hydrogen) atoms. The molecule has 0 radical (unpaired) electrons. The summed E-state index contributed by atoms with van der Waals surface area (Å²) in [6.45, 7) is 9.60. The molecule has 0 aromatic heterocycles. The lowest BCUT2D eigenvalue weighted by Gasteiger charge is -2.28. The van der Waals surface area contributed by atoms with E-state index in [9.17, 15) is 0 Å². The Labute approximate surface area is 103 Å². The van der Waals surface area contributed by atoms with Crippen LogP contribution >= 0.6 is 12.2 Å². The second-order valence-electron chi connectivity index (χ2n) is 4.24. The van der Waals surface area contributed by atoms with E-state index in [4.69, 9.17) is 18.0 Å². The Balaban J connectivity index is 3.09. The van der Waals surface area contributed by atoms with Crippen molar-refractivity contribution in [1.29, 1.82) is 0 Å². The lowest BCUT2D eigenvalue weighted by atomic mass is 10.1. The Morgan fingerprint density at radius 1 is 1.44 bits per heavy atom. The van der Waals surface area contributed by atoms with Crippen molar-refractivity contribution in [1.82, 2.24) is 0 Å². The van der Waals surface area contributed by atoms with E-state index in [2.05, 4.69) is 37.8 Å². The van der Waals surface area contributed by atoms with E-state index in [1.54, 1.807) is 0 Å². The predicted molar refractivity (Wildman–Crippen MR) is 75.2 cm³/mol. The van der Waals surface area contributed by atoms with Crippen LogP contribution in [-0.2, 0) is 0 Å². The number of benzene rings is 1. The predicted octanol–water partition coefficient (Wildman–Crippen LogP) is 2.86. The maximum Gasteiger partial charge on any atom is 0.104 e. The number of hydrogen-bond acceptors (Lipinski definition) is 2. The van der Waals surface area contributed by atoms with E-state index in [1.165, 1.54) is 5.69 Å². The number of nitrogens with two attached hydrogens (primary N) is 1. The highest BCUT2D eigenvalue weighted by molar-refractivity contribution is 7.80. The highest BCUT2D eigenvalue weighted by Gasteiger charge is 2.10. The van der Waals surface area contributed by atoms with Gasteiger partial charge in [0.1, 0.15) is 4.99 Å². The van der Waals surface area contributed by atoms with Crippen molar-refractivity contribution in [3.8, 4) is 0 Å². The first-order valence-electron chi connectivity index (χ1n) is 5.64. The number of rotatable bonds is 4. The molecule has 0 aliphatic rings. The summed E-state index contributed by atoms with van der Waals surface area (Å²) in [5.74, 6) is 0. The second-order valence-corrected chi connectivity index (χ2v) is 4.68. The standard InChI is InChI=1S/C13H20N2S/c1-5-15(9(2)3)11-6-7-12(13(14)16)10(4)8-11/h6-9H,5H2,1-4H3,(H2,14,16). The number of anilines is 1. The van der Waals surface area contributed by atoms with Crippen molar-refractivity contribution in [2.45, 2.75) is 33.7 Å². The smallest absolute Gasteiger partial charge is 0.104 e. The van der Waals surface area contributed by atoms with Crippen molar-refractivity contribution < 1.29 is 0 Å². The SMILES string of the molecule is CCN(c1ccc(C(N)=S)c(C)c1)C(C)C. The average molecular weight is 236 g/mol. The van der Waals surface area contributed by atoms with Crippen LogP contribution < -0.4 is 10.6 Å². The summed E-state index contributed by atoms with van der Waals surface area (Å²) in [6.07, 6.45) is 0. The minimum Gasteiger partial charge on any atom is -0.389 e. The number of aryl methyl sites for hydroxylation is 1. The fraction of sp³-hybridized carbons (Fsp3) is 0.462. The maximum absolute atomic E-state index is 5.65. The first-order valence-corrected chi connectivity index (χ1v) is 6.05. The van der Waals surface area contributed by atoms with Gasteiger partial charge in [-0.2, -0.15) is 0 Å². The molecule has 0 fully saturated rings. The van der Waals surface area contributed by atoms with Crippen molar-refractivity contribution in [2.75, 3.05) is 11.4 Å². The Morgan fingerprint density at radius 3 is 2.44 bits per heavy atom. The Morgan fingerprint density at radius 2 is 2.06 bits per heavy atom. The van der Waals surface area contributed by atoms with Gasteiger partial charge in [0, 0.05) is 23.8 Å². The summed E-state index contributed by atoms with van der Waals surface area (Å²) in [7, 11) is 0. The third-order valence-electron chi connectivity index (χ3n) is 2.77. The van der Waals surface area contributed by atoms with Gasteiger partial charge < -0.3 is 10.6 Å². The molecule has 2 nitrogen and oxygen atoms in total. The zero-order valence-corrected chi connectivity index (χ0v) is 11.3. The third-order valence-corrected chi connectivity index (χ3v) is 2.99. The molecular formula is C13H20N2S. The van der Waals surface area contributed by atoms with Crippen molar-refractivity contribution in [3.05, 3.63) is 29.3 Å². The minimum absolute atomic E-state index is 0.469. The van der Waals surface area contributed by atoms with Crippen molar-refractivity contribution >= 4 is 22.9 Å². The number of thiocarbonyl (C=S) groups is 1. The third kappa shape index (κ3) is 2.73. The normalized spacial score (nSPS) is 10.6. The molecule has 88 valence electrons. The molecule has 0 spiro atoms. The van der Waals surface area contributed by atoms with Crippen LogP contribution in [0.15, 0.2) is 18.2 Å². The molecule has 1 rings (SSSR count). The molecule has 0 atom stereocenters. The van der Waals surface area contributed by atoms with E-state index in [0.717, 1.165) is 17.7 Å². The van der Waals surface area contributed by atoms with Gasteiger partial charge in [0.25, 0.3) is 0 Å². The van der Waals surface area contributed by atoms with Crippen LogP contribution in [0.2, 0.25) is 0 Å². The van der Waals surface area contributed by atoms with Gasteiger partial charge in [-0.15, -0.1) is 0 Å². The van der Waals surface area contributed by atoms with Crippen LogP contribution in [0.4, 0.5) is 5.69 Å². The number of nitrogens with zero attached hydrogens (tertiary/aromatic N) is 1. The van der Waals surface area contributed by atoms with Crippen LogP contribution in [-0.4, -0.2) is 17.6 Å². The van der Waals surface area contributed by atoms with Gasteiger partial charge >= 0.3 is 0 Å². The van der Waals surface area contributed by atoms with E-state index in [1.807, 2.05) is 13.0 Å². The van der Waals surface area contributed by atoms with Crippen LogP contribution in [0.5, 0.6) is 0 Å². The summed E-state index contributed by atoms with van der Waals surface area (Å²) >= 11 is 5.00. The molecule has 0 aliphatic heterocycles. The first-order chi connectivity index (χ1) is 7.47. The molecule has 0 bridgehead atoms. The minimum atomic E-state index is 0.469. The van der Waals surface area contributed by atoms with Crippen LogP contribution in [0.3, 0.4) is 0 Å². The van der Waals surface area contributed by atoms with Gasteiger partial charge in [-0.3, -0.25) is 0 Å². The molecule has 0 heterocycles. The maximum atomic E-state index is 5.65. The molecule has 1 aromatic carbocycles. The van der Waals surface area contributed by atoms with E-state index in [0.29, 0.717) is 11.0 Å². The molecule has 3 heteroatoms. The largest absolute Gasteiger partial charge is 0.389 e. The average Bonchev–Trinajstić information content (AvgIpc) is 2.17. The second kappa shape index (κ2) is 5.30. The highest BCUT2D eigenvalue weighted by Crippen LogP contribution is 2.21. The van der Waals surface area contributed by atoms with E-state index < -0.39 is 0 Å². The first kappa shape index (κ1) is 13.0. The molecule has 0 amide bonds. The van der Waals surface area contributed by atoms with Crippen LogP contribution in [0, 0.1) is 6.92 Å². The fourth-order valence-corrected chi connectivity index (χ4v) is 2.18. The fourth-order valence-electron chi connectivity index (χ4n) is 1.95. The molecule has 0 saturated heterocycles. The highest BCUT2D eigenvalue weighted by atomic mass is 32.1. The molecule has 0 aliphatic carbocycles. The van der Waals surface area contributed by atoms with Gasteiger partial charge in [-0.25, -0.2) is 0 Å². The molecular weight excluding hydrogens is 216 g/mol. The summed E-state index contributed by atoms with van der Waals surface area (Å²) in [6, 6.07) is 6.75. The quantitative estimate of drug-likeness (QED) is 0.815. The Kier molecular flexibility index (Phi) is 4.30. The Hall–Kier alpha value is -1.09. The molecule has 1 aromatic rings. The molecule has 0 unspecified atom stereocenters. The zero-order valence-electron chi connectivity index (χ0n) is 10.4. The topological polar surface area (TPSA) is 29.3 Å². The van der Waals surface area contributed by atoms with Gasteiger partial charge in [-0.1, -0.05) is 12.2 Å². The lowest BCUT2D eigenvalue weighted by Crippen LogP contribution is -2.30. The zero-order chi connectivity index (χ0) is 12.3. The van der Waals surface area contributed by atoms with Gasteiger partial charge in [-0.05, 0) is 51.5 Å². The van der Waals surface area contributed by atoms with E-state index in [-0.39, 0.29) is 0 Å². The monoisotopic (exact) mass is 236 g/mol.